The van der Waals surface area contributed by atoms with Gasteiger partial charge >= 0.3 is 0 Å². The van der Waals surface area contributed by atoms with E-state index in [1.807, 2.05) is 30.5 Å². The normalized spacial score (nSPS) is 19.9. The zero-order valence-electron chi connectivity index (χ0n) is 11.3. The molecule has 0 radical (unpaired) electrons. The van der Waals surface area contributed by atoms with Gasteiger partial charge in [0.1, 0.15) is 0 Å². The van der Waals surface area contributed by atoms with Gasteiger partial charge in [0.15, 0.2) is 0 Å². The second-order valence-corrected chi connectivity index (χ2v) is 5.18. The molecular weight excluding hydrogens is 236 g/mol. The summed E-state index contributed by atoms with van der Waals surface area (Å²) in [5.41, 5.74) is 1.00. The number of nitrogens with zero attached hydrogens (tertiary/aromatic N) is 3. The lowest BCUT2D eigenvalue weighted by atomic mass is 10.1. The number of benzene rings is 1. The molecule has 4 nitrogen and oxygen atoms in total. The molecule has 0 bridgehead atoms. The third kappa shape index (κ3) is 2.84. The van der Waals surface area contributed by atoms with Crippen molar-refractivity contribution in [2.75, 3.05) is 31.5 Å². The van der Waals surface area contributed by atoms with Crippen molar-refractivity contribution in [3.05, 3.63) is 30.5 Å². The Bertz CT molecular complexity index is 555. The predicted molar refractivity (Wildman–Crippen MR) is 78.2 cm³/mol. The fourth-order valence-corrected chi connectivity index (χ4v) is 2.66. The first-order valence-corrected chi connectivity index (χ1v) is 7.03. The molecule has 1 N–H and O–H groups in total. The summed E-state index contributed by atoms with van der Waals surface area (Å²) in [7, 11) is 0. The largest absolute Gasteiger partial charge is 0.354 e. The summed E-state index contributed by atoms with van der Waals surface area (Å²) in [4.78, 5) is 11.4. The number of para-hydroxylation sites is 1. The van der Waals surface area contributed by atoms with Crippen molar-refractivity contribution in [2.45, 2.75) is 13.3 Å². The number of likely N-dealkylation sites (tertiary alicyclic amines) is 1. The van der Waals surface area contributed by atoms with Gasteiger partial charge in [-0.15, -0.1) is 0 Å². The maximum atomic E-state index is 4.54. The molecule has 0 spiro atoms. The van der Waals surface area contributed by atoms with E-state index in [4.69, 9.17) is 0 Å². The SMILES string of the molecule is CCN1CCC(CNc2ncc3ccccc3n2)C1. The fraction of sp³-hybridized carbons (Fsp3) is 0.467. The Kier molecular flexibility index (Phi) is 3.60. The van der Waals surface area contributed by atoms with Crippen LogP contribution in [0.15, 0.2) is 30.5 Å². The lowest BCUT2D eigenvalue weighted by Crippen LogP contribution is -2.22. The van der Waals surface area contributed by atoms with Gasteiger partial charge in [0.25, 0.3) is 0 Å². The Hall–Kier alpha value is -1.68. The highest BCUT2D eigenvalue weighted by atomic mass is 15.2. The first-order chi connectivity index (χ1) is 9.35. The molecule has 0 aliphatic carbocycles. The van der Waals surface area contributed by atoms with Crippen molar-refractivity contribution in [1.29, 1.82) is 0 Å². The number of anilines is 1. The van der Waals surface area contributed by atoms with E-state index in [0.29, 0.717) is 0 Å². The minimum absolute atomic E-state index is 0.718. The molecule has 0 amide bonds. The molecular formula is C15H20N4. The van der Waals surface area contributed by atoms with Gasteiger partial charge in [-0.05, 0) is 31.5 Å². The van der Waals surface area contributed by atoms with Gasteiger partial charge in [0.2, 0.25) is 5.95 Å². The van der Waals surface area contributed by atoms with Gasteiger partial charge in [-0.25, -0.2) is 9.97 Å². The van der Waals surface area contributed by atoms with E-state index in [-0.39, 0.29) is 0 Å². The second-order valence-electron chi connectivity index (χ2n) is 5.18. The third-order valence-corrected chi connectivity index (χ3v) is 3.86. The van der Waals surface area contributed by atoms with Crippen molar-refractivity contribution in [3.63, 3.8) is 0 Å². The molecule has 1 unspecified atom stereocenters. The molecule has 1 fully saturated rings. The molecule has 4 heteroatoms. The highest BCUT2D eigenvalue weighted by Crippen LogP contribution is 2.17. The van der Waals surface area contributed by atoms with Gasteiger partial charge in [-0.3, -0.25) is 0 Å². The van der Waals surface area contributed by atoms with Gasteiger partial charge in [-0.2, -0.15) is 0 Å². The van der Waals surface area contributed by atoms with Crippen molar-refractivity contribution >= 4 is 16.9 Å². The third-order valence-electron chi connectivity index (χ3n) is 3.86. The van der Waals surface area contributed by atoms with Crippen LogP contribution in [0.2, 0.25) is 0 Å². The molecule has 0 saturated carbocycles. The van der Waals surface area contributed by atoms with Gasteiger partial charge in [0.05, 0.1) is 5.52 Å². The molecule has 19 heavy (non-hydrogen) atoms. The summed E-state index contributed by atoms with van der Waals surface area (Å²) >= 11 is 0. The molecule has 3 rings (SSSR count). The lowest BCUT2D eigenvalue weighted by molar-refractivity contribution is 0.345. The number of nitrogens with one attached hydrogen (secondary N) is 1. The smallest absolute Gasteiger partial charge is 0.223 e. The molecule has 1 aliphatic heterocycles. The van der Waals surface area contributed by atoms with Gasteiger partial charge in [0, 0.05) is 24.7 Å². The van der Waals surface area contributed by atoms with Crippen LogP contribution in [0.5, 0.6) is 0 Å². The van der Waals surface area contributed by atoms with Crippen LogP contribution in [-0.2, 0) is 0 Å². The average Bonchev–Trinajstić information content (AvgIpc) is 2.93. The molecule has 1 aliphatic rings. The van der Waals surface area contributed by atoms with Crippen molar-refractivity contribution in [1.82, 2.24) is 14.9 Å². The molecule has 2 heterocycles. The first kappa shape index (κ1) is 12.4. The van der Waals surface area contributed by atoms with Crippen LogP contribution in [-0.4, -0.2) is 41.0 Å². The van der Waals surface area contributed by atoms with E-state index in [2.05, 4.69) is 27.1 Å². The molecule has 100 valence electrons. The summed E-state index contributed by atoms with van der Waals surface area (Å²) in [5, 5.41) is 4.46. The van der Waals surface area contributed by atoms with Crippen molar-refractivity contribution < 1.29 is 0 Å². The Morgan fingerprint density at radius 1 is 1.37 bits per heavy atom. The molecule has 1 aromatic heterocycles. The van der Waals surface area contributed by atoms with Crippen LogP contribution in [0.4, 0.5) is 5.95 Å². The zero-order chi connectivity index (χ0) is 13.1. The maximum Gasteiger partial charge on any atom is 0.223 e. The first-order valence-electron chi connectivity index (χ1n) is 7.03. The van der Waals surface area contributed by atoms with E-state index in [0.717, 1.165) is 35.9 Å². The number of fused-ring (bicyclic) bond motifs is 1. The Balaban J connectivity index is 1.62. The highest BCUT2D eigenvalue weighted by molar-refractivity contribution is 5.78. The van der Waals surface area contributed by atoms with E-state index in [1.165, 1.54) is 19.5 Å². The maximum absolute atomic E-state index is 4.54. The van der Waals surface area contributed by atoms with E-state index in [9.17, 15) is 0 Å². The molecule has 1 atom stereocenters. The Morgan fingerprint density at radius 2 is 2.26 bits per heavy atom. The summed E-state index contributed by atoms with van der Waals surface area (Å²) in [6, 6.07) is 8.08. The predicted octanol–water partition coefficient (Wildman–Crippen LogP) is 2.38. The minimum Gasteiger partial charge on any atom is -0.354 e. The Morgan fingerprint density at radius 3 is 3.11 bits per heavy atom. The van der Waals surface area contributed by atoms with E-state index >= 15 is 0 Å². The van der Waals surface area contributed by atoms with Crippen LogP contribution >= 0.6 is 0 Å². The van der Waals surface area contributed by atoms with Gasteiger partial charge in [-0.1, -0.05) is 25.1 Å². The van der Waals surface area contributed by atoms with Crippen LogP contribution in [0.3, 0.4) is 0 Å². The van der Waals surface area contributed by atoms with Crippen molar-refractivity contribution in [3.8, 4) is 0 Å². The van der Waals surface area contributed by atoms with Crippen LogP contribution in [0, 0.1) is 5.92 Å². The fourth-order valence-electron chi connectivity index (χ4n) is 2.66. The number of hydrogen-bond acceptors (Lipinski definition) is 4. The summed E-state index contributed by atoms with van der Waals surface area (Å²) in [6.45, 7) is 6.76. The van der Waals surface area contributed by atoms with Crippen LogP contribution in [0.25, 0.3) is 10.9 Å². The minimum atomic E-state index is 0.718. The zero-order valence-corrected chi connectivity index (χ0v) is 11.3. The van der Waals surface area contributed by atoms with E-state index < -0.39 is 0 Å². The topological polar surface area (TPSA) is 41.0 Å². The number of aromatic nitrogens is 2. The van der Waals surface area contributed by atoms with E-state index in [1.54, 1.807) is 0 Å². The molecule has 1 saturated heterocycles. The Labute approximate surface area is 113 Å². The highest BCUT2D eigenvalue weighted by Gasteiger charge is 2.20. The monoisotopic (exact) mass is 256 g/mol. The van der Waals surface area contributed by atoms with Crippen molar-refractivity contribution in [2.24, 2.45) is 5.92 Å². The summed E-state index contributed by atoms with van der Waals surface area (Å²) in [5.74, 6) is 1.46. The number of hydrogen-bond donors (Lipinski definition) is 1. The van der Waals surface area contributed by atoms with Crippen LogP contribution in [0.1, 0.15) is 13.3 Å². The van der Waals surface area contributed by atoms with Crippen LogP contribution < -0.4 is 5.32 Å². The second kappa shape index (κ2) is 5.53. The molecule has 1 aromatic carbocycles. The summed E-state index contributed by atoms with van der Waals surface area (Å²) in [6.07, 6.45) is 3.16. The number of rotatable bonds is 4. The quantitative estimate of drug-likeness (QED) is 0.912. The summed E-state index contributed by atoms with van der Waals surface area (Å²) < 4.78 is 0. The standard InChI is InChI=1S/C15H20N4/c1-2-19-8-7-12(11-19)9-16-15-17-10-13-5-3-4-6-14(13)18-15/h3-6,10,12H,2,7-9,11H2,1H3,(H,16,17,18). The lowest BCUT2D eigenvalue weighted by Gasteiger charge is -2.13. The average molecular weight is 256 g/mol. The van der Waals surface area contributed by atoms with Gasteiger partial charge < -0.3 is 10.2 Å². The molecule has 2 aromatic rings.